The molecule has 1 saturated carbocycles. The smallest absolute Gasteiger partial charge is 0.428 e. The van der Waals surface area contributed by atoms with Crippen LogP contribution in [0.1, 0.15) is 24.8 Å². The summed E-state index contributed by atoms with van der Waals surface area (Å²) in [6.45, 7) is 1.82. The van der Waals surface area contributed by atoms with E-state index >= 15 is 0 Å². The Hall–Kier alpha value is -3.10. The van der Waals surface area contributed by atoms with E-state index in [1.807, 2.05) is 6.92 Å². The molecule has 0 atom stereocenters. The predicted molar refractivity (Wildman–Crippen MR) is 102 cm³/mol. The second kappa shape index (κ2) is 6.75. The van der Waals surface area contributed by atoms with Gasteiger partial charge in [-0.2, -0.15) is 13.2 Å². The molecule has 1 fully saturated rings. The Kier molecular flexibility index (Phi) is 4.48. The Morgan fingerprint density at radius 1 is 1.14 bits per heavy atom. The maximum absolute atomic E-state index is 13.8. The number of rotatable bonds is 4. The zero-order valence-corrected chi connectivity index (χ0v) is 15.5. The molecule has 3 aromatic rings. The molecule has 0 amide bonds. The van der Waals surface area contributed by atoms with Gasteiger partial charge in [0.15, 0.2) is 0 Å². The second-order valence-corrected chi connectivity index (χ2v) is 7.17. The summed E-state index contributed by atoms with van der Waals surface area (Å²) in [5.74, 6) is -0.556. The molecule has 1 heterocycles. The van der Waals surface area contributed by atoms with Gasteiger partial charge in [-0.15, -0.1) is 0 Å². The SMILES string of the molecule is Cc1cc(N)cc2ncnc(Nc3ccc(F)cc3OC3(C(F)(F)F)CCC3)c12. The lowest BCUT2D eigenvalue weighted by Gasteiger charge is -2.43. The summed E-state index contributed by atoms with van der Waals surface area (Å²) in [7, 11) is 0. The molecule has 152 valence electrons. The molecule has 1 aliphatic rings. The summed E-state index contributed by atoms with van der Waals surface area (Å²) in [6.07, 6.45) is -3.17. The van der Waals surface area contributed by atoms with Crippen molar-refractivity contribution in [3.8, 4) is 5.75 Å². The molecule has 4 rings (SSSR count). The van der Waals surface area contributed by atoms with E-state index in [0.29, 0.717) is 28.8 Å². The number of nitrogens with one attached hydrogen (secondary N) is 1. The molecule has 0 aliphatic heterocycles. The van der Waals surface area contributed by atoms with Gasteiger partial charge in [-0.3, -0.25) is 0 Å². The van der Waals surface area contributed by atoms with E-state index in [0.717, 1.165) is 17.7 Å². The third-order valence-corrected chi connectivity index (χ3v) is 5.14. The van der Waals surface area contributed by atoms with Crippen molar-refractivity contribution >= 4 is 28.1 Å². The standard InChI is InChI=1S/C20H18F4N4O/c1-11-7-13(25)9-15-17(11)18(27-10-26-15)28-14-4-3-12(21)8-16(14)29-19(5-2-6-19)20(22,23)24/h3-4,7-10H,2,5-6,25H2,1H3,(H,26,27,28). The lowest BCUT2D eigenvalue weighted by Crippen LogP contribution is -2.55. The van der Waals surface area contributed by atoms with E-state index in [4.69, 9.17) is 10.5 Å². The van der Waals surface area contributed by atoms with Crippen LogP contribution in [0.25, 0.3) is 10.9 Å². The zero-order chi connectivity index (χ0) is 20.8. The van der Waals surface area contributed by atoms with Gasteiger partial charge in [0.1, 0.15) is 23.7 Å². The number of nitrogens with zero attached hydrogens (tertiary/aromatic N) is 2. The van der Waals surface area contributed by atoms with E-state index in [2.05, 4.69) is 15.3 Å². The highest BCUT2D eigenvalue weighted by atomic mass is 19.4. The minimum atomic E-state index is -4.55. The lowest BCUT2D eigenvalue weighted by molar-refractivity contribution is -0.274. The number of fused-ring (bicyclic) bond motifs is 1. The largest absolute Gasteiger partial charge is 0.475 e. The number of aryl methyl sites for hydroxylation is 1. The van der Waals surface area contributed by atoms with Gasteiger partial charge in [0.2, 0.25) is 5.60 Å². The Morgan fingerprint density at radius 3 is 2.55 bits per heavy atom. The van der Waals surface area contributed by atoms with Crippen LogP contribution in [-0.4, -0.2) is 21.7 Å². The fraction of sp³-hybridized carbons (Fsp3) is 0.300. The van der Waals surface area contributed by atoms with Gasteiger partial charge in [0.25, 0.3) is 0 Å². The van der Waals surface area contributed by atoms with Crippen LogP contribution in [0.15, 0.2) is 36.7 Å². The Labute approximate surface area is 163 Å². The Balaban J connectivity index is 1.75. The molecule has 1 aromatic heterocycles. The minimum Gasteiger partial charge on any atom is -0.475 e. The van der Waals surface area contributed by atoms with Crippen LogP contribution in [0.4, 0.5) is 34.8 Å². The van der Waals surface area contributed by atoms with Gasteiger partial charge in [-0.1, -0.05) is 0 Å². The number of alkyl halides is 3. The van der Waals surface area contributed by atoms with Crippen LogP contribution in [0, 0.1) is 12.7 Å². The summed E-state index contributed by atoms with van der Waals surface area (Å²) in [5.41, 5.74) is 5.63. The number of hydrogen-bond donors (Lipinski definition) is 2. The van der Waals surface area contributed by atoms with Crippen LogP contribution in [0.5, 0.6) is 5.75 Å². The number of hydrogen-bond acceptors (Lipinski definition) is 5. The normalized spacial score (nSPS) is 15.8. The molecule has 0 radical (unpaired) electrons. The first-order valence-electron chi connectivity index (χ1n) is 9.02. The molecule has 2 aromatic carbocycles. The van der Waals surface area contributed by atoms with Crippen molar-refractivity contribution in [3.63, 3.8) is 0 Å². The van der Waals surface area contributed by atoms with Gasteiger partial charge in [0, 0.05) is 17.1 Å². The molecular weight excluding hydrogens is 388 g/mol. The van der Waals surface area contributed by atoms with Gasteiger partial charge >= 0.3 is 6.18 Å². The number of anilines is 3. The Bertz CT molecular complexity index is 1080. The molecule has 1 aliphatic carbocycles. The molecule has 0 saturated heterocycles. The van der Waals surface area contributed by atoms with Gasteiger partial charge < -0.3 is 15.8 Å². The van der Waals surface area contributed by atoms with Crippen molar-refractivity contribution in [2.24, 2.45) is 0 Å². The van der Waals surface area contributed by atoms with Crippen molar-refractivity contribution in [2.45, 2.75) is 38.0 Å². The van der Waals surface area contributed by atoms with Crippen LogP contribution in [0.3, 0.4) is 0 Å². The molecule has 29 heavy (non-hydrogen) atoms. The second-order valence-electron chi connectivity index (χ2n) is 7.17. The maximum Gasteiger partial charge on any atom is 0.428 e. The summed E-state index contributed by atoms with van der Waals surface area (Å²) in [4.78, 5) is 8.39. The van der Waals surface area contributed by atoms with Crippen molar-refractivity contribution < 1.29 is 22.3 Å². The number of nitrogen functional groups attached to an aromatic ring is 1. The molecule has 9 heteroatoms. The van der Waals surface area contributed by atoms with Crippen molar-refractivity contribution in [1.29, 1.82) is 0 Å². The van der Waals surface area contributed by atoms with Gasteiger partial charge in [-0.05, 0) is 56.0 Å². The summed E-state index contributed by atoms with van der Waals surface area (Å²) in [6, 6.07) is 6.83. The van der Waals surface area contributed by atoms with E-state index in [9.17, 15) is 17.6 Å². The predicted octanol–water partition coefficient (Wildman–Crippen LogP) is 5.27. The number of halogens is 4. The maximum atomic E-state index is 13.8. The average molecular weight is 406 g/mol. The van der Waals surface area contributed by atoms with E-state index in [1.165, 1.54) is 12.4 Å². The summed E-state index contributed by atoms with van der Waals surface area (Å²) >= 11 is 0. The third-order valence-electron chi connectivity index (χ3n) is 5.14. The monoisotopic (exact) mass is 406 g/mol. The molecule has 5 nitrogen and oxygen atoms in total. The van der Waals surface area contributed by atoms with E-state index in [1.54, 1.807) is 12.1 Å². The number of ether oxygens (including phenoxy) is 1. The fourth-order valence-electron chi connectivity index (χ4n) is 3.48. The summed E-state index contributed by atoms with van der Waals surface area (Å²) in [5, 5.41) is 3.63. The highest BCUT2D eigenvalue weighted by Gasteiger charge is 2.61. The number of nitrogens with two attached hydrogens (primary N) is 1. The molecule has 3 N–H and O–H groups in total. The number of aromatic nitrogens is 2. The zero-order valence-electron chi connectivity index (χ0n) is 15.5. The number of benzene rings is 2. The summed E-state index contributed by atoms with van der Waals surface area (Å²) < 4.78 is 59.8. The highest BCUT2D eigenvalue weighted by molar-refractivity contribution is 5.95. The van der Waals surface area contributed by atoms with Crippen LogP contribution < -0.4 is 15.8 Å². The molecular formula is C20H18F4N4O. The van der Waals surface area contributed by atoms with Gasteiger partial charge in [0.05, 0.1) is 11.2 Å². The van der Waals surface area contributed by atoms with Crippen molar-refractivity contribution in [2.75, 3.05) is 11.1 Å². The van der Waals surface area contributed by atoms with E-state index in [-0.39, 0.29) is 24.3 Å². The van der Waals surface area contributed by atoms with Crippen molar-refractivity contribution in [1.82, 2.24) is 9.97 Å². The topological polar surface area (TPSA) is 73.1 Å². The minimum absolute atomic E-state index is 0.165. The Morgan fingerprint density at radius 2 is 1.90 bits per heavy atom. The van der Waals surface area contributed by atoms with Crippen LogP contribution in [-0.2, 0) is 0 Å². The average Bonchev–Trinajstić information content (AvgIpc) is 2.58. The first-order valence-corrected chi connectivity index (χ1v) is 9.02. The quantitative estimate of drug-likeness (QED) is 0.456. The van der Waals surface area contributed by atoms with Crippen LogP contribution in [0.2, 0.25) is 0 Å². The molecule has 0 unspecified atom stereocenters. The van der Waals surface area contributed by atoms with Crippen LogP contribution >= 0.6 is 0 Å². The third kappa shape index (κ3) is 3.41. The lowest BCUT2D eigenvalue weighted by atomic mass is 9.79. The molecule has 0 spiro atoms. The first kappa shape index (κ1) is 19.2. The van der Waals surface area contributed by atoms with Crippen molar-refractivity contribution in [3.05, 3.63) is 48.0 Å². The van der Waals surface area contributed by atoms with Gasteiger partial charge in [-0.25, -0.2) is 14.4 Å². The first-order chi connectivity index (χ1) is 13.7. The highest BCUT2D eigenvalue weighted by Crippen LogP contribution is 2.49. The fourth-order valence-corrected chi connectivity index (χ4v) is 3.48. The molecule has 0 bridgehead atoms. The van der Waals surface area contributed by atoms with E-state index < -0.39 is 17.6 Å².